The molecule has 0 aromatic carbocycles. The molecule has 0 aliphatic carbocycles. The first-order chi connectivity index (χ1) is 7.51. The zero-order valence-electron chi connectivity index (χ0n) is 11.5. The summed E-state index contributed by atoms with van der Waals surface area (Å²) in [6.45, 7) is 9.53. The Hall–Kier alpha value is -0.120. The average molecular weight is 231 g/mol. The van der Waals surface area contributed by atoms with Gasteiger partial charge in [-0.1, -0.05) is 20.8 Å². The van der Waals surface area contributed by atoms with Crippen LogP contribution in [-0.4, -0.2) is 37.0 Å². The zero-order chi connectivity index (χ0) is 12.6. The van der Waals surface area contributed by atoms with Crippen LogP contribution in [0.3, 0.4) is 0 Å². The third-order valence-electron chi connectivity index (χ3n) is 3.63. The van der Waals surface area contributed by atoms with E-state index in [9.17, 15) is 5.11 Å². The number of nitrogens with one attached hydrogen (secondary N) is 1. The minimum Gasteiger partial charge on any atom is -0.394 e. The van der Waals surface area contributed by atoms with Crippen LogP contribution in [0.15, 0.2) is 0 Å². The van der Waals surface area contributed by atoms with Gasteiger partial charge in [0.25, 0.3) is 0 Å². The number of aliphatic hydroxyl groups is 1. The van der Waals surface area contributed by atoms with Crippen LogP contribution < -0.4 is 5.32 Å². The molecule has 0 saturated heterocycles. The van der Waals surface area contributed by atoms with Crippen molar-refractivity contribution in [1.29, 1.82) is 0 Å². The summed E-state index contributed by atoms with van der Waals surface area (Å²) >= 11 is 0. The van der Waals surface area contributed by atoms with Crippen molar-refractivity contribution in [1.82, 2.24) is 5.32 Å². The summed E-state index contributed by atoms with van der Waals surface area (Å²) in [5.41, 5.74) is -0.121. The van der Waals surface area contributed by atoms with Crippen LogP contribution in [0.5, 0.6) is 0 Å². The molecule has 2 unspecified atom stereocenters. The second-order valence-electron chi connectivity index (χ2n) is 4.97. The Morgan fingerprint density at radius 3 is 2.31 bits per heavy atom. The summed E-state index contributed by atoms with van der Waals surface area (Å²) in [7, 11) is 1.91. The molecule has 98 valence electrons. The highest BCUT2D eigenvalue weighted by atomic mass is 16.5. The number of hydrogen-bond donors (Lipinski definition) is 2. The van der Waals surface area contributed by atoms with Gasteiger partial charge in [0.05, 0.1) is 12.7 Å². The monoisotopic (exact) mass is 231 g/mol. The maximum atomic E-state index is 9.37. The van der Waals surface area contributed by atoms with Gasteiger partial charge < -0.3 is 15.2 Å². The number of rotatable bonds is 9. The van der Waals surface area contributed by atoms with Crippen LogP contribution in [-0.2, 0) is 4.74 Å². The van der Waals surface area contributed by atoms with Crippen molar-refractivity contribution in [2.75, 3.05) is 20.3 Å². The Balaban J connectivity index is 3.79. The van der Waals surface area contributed by atoms with Gasteiger partial charge >= 0.3 is 0 Å². The van der Waals surface area contributed by atoms with E-state index in [1.807, 2.05) is 7.05 Å². The Bertz CT molecular complexity index is 159. The molecule has 0 rings (SSSR count). The van der Waals surface area contributed by atoms with E-state index in [2.05, 4.69) is 33.0 Å². The second-order valence-corrected chi connectivity index (χ2v) is 4.97. The summed E-state index contributed by atoms with van der Waals surface area (Å²) in [5.74, 6) is 0.568. The van der Waals surface area contributed by atoms with Crippen LogP contribution in [0, 0.1) is 5.92 Å². The van der Waals surface area contributed by atoms with Gasteiger partial charge in [0.2, 0.25) is 0 Å². The van der Waals surface area contributed by atoms with Crippen molar-refractivity contribution >= 4 is 0 Å². The summed E-state index contributed by atoms with van der Waals surface area (Å²) in [6.07, 6.45) is 3.22. The van der Waals surface area contributed by atoms with Gasteiger partial charge in [-0.25, -0.2) is 0 Å². The van der Waals surface area contributed by atoms with E-state index in [0.717, 1.165) is 25.9 Å². The van der Waals surface area contributed by atoms with E-state index in [0.29, 0.717) is 12.0 Å². The first kappa shape index (κ1) is 15.9. The molecule has 0 amide bonds. The van der Waals surface area contributed by atoms with Crippen LogP contribution in [0.2, 0.25) is 0 Å². The molecule has 0 radical (unpaired) electrons. The topological polar surface area (TPSA) is 41.5 Å². The lowest BCUT2D eigenvalue weighted by Crippen LogP contribution is -2.46. The van der Waals surface area contributed by atoms with Crippen molar-refractivity contribution in [3.8, 4) is 0 Å². The Morgan fingerprint density at radius 2 is 1.94 bits per heavy atom. The van der Waals surface area contributed by atoms with Crippen molar-refractivity contribution in [3.63, 3.8) is 0 Å². The first-order valence-electron chi connectivity index (χ1n) is 6.42. The van der Waals surface area contributed by atoms with Gasteiger partial charge in [-0.3, -0.25) is 0 Å². The van der Waals surface area contributed by atoms with Crippen molar-refractivity contribution in [2.24, 2.45) is 5.92 Å². The quantitative estimate of drug-likeness (QED) is 0.598. The minimum absolute atomic E-state index is 0.121. The Labute approximate surface area is 101 Å². The van der Waals surface area contributed by atoms with E-state index in [1.54, 1.807) is 0 Å². The average Bonchev–Trinajstić information content (AvgIpc) is 2.30. The highest BCUT2D eigenvalue weighted by molar-refractivity contribution is 4.84. The molecule has 3 heteroatoms. The summed E-state index contributed by atoms with van der Waals surface area (Å²) in [4.78, 5) is 0. The van der Waals surface area contributed by atoms with Crippen LogP contribution in [0.4, 0.5) is 0 Å². The molecule has 0 aromatic heterocycles. The summed E-state index contributed by atoms with van der Waals surface area (Å²) < 4.78 is 5.72. The molecule has 0 bridgehead atoms. The third kappa shape index (κ3) is 5.28. The first-order valence-corrected chi connectivity index (χ1v) is 6.42. The summed E-state index contributed by atoms with van der Waals surface area (Å²) in [5, 5.41) is 12.6. The third-order valence-corrected chi connectivity index (χ3v) is 3.63. The molecule has 0 aliphatic rings. The zero-order valence-corrected chi connectivity index (χ0v) is 11.5. The lowest BCUT2D eigenvalue weighted by Gasteiger charge is -2.30. The standard InChI is InChI=1S/C13H29NO2/c1-6-13(10-15,14-5)8-7-9-16-12(4)11(2)3/h11-12,14-15H,6-10H2,1-5H3. The van der Waals surface area contributed by atoms with Crippen molar-refractivity contribution < 1.29 is 9.84 Å². The largest absolute Gasteiger partial charge is 0.394 e. The number of aliphatic hydroxyl groups excluding tert-OH is 1. The molecule has 16 heavy (non-hydrogen) atoms. The molecule has 2 atom stereocenters. The van der Waals surface area contributed by atoms with E-state index in [1.165, 1.54) is 0 Å². The van der Waals surface area contributed by atoms with E-state index in [-0.39, 0.29) is 12.1 Å². The fraction of sp³-hybridized carbons (Fsp3) is 1.00. The lowest BCUT2D eigenvalue weighted by atomic mass is 9.92. The number of hydrogen-bond acceptors (Lipinski definition) is 3. The van der Waals surface area contributed by atoms with Gasteiger partial charge in [-0.2, -0.15) is 0 Å². The number of ether oxygens (including phenoxy) is 1. The van der Waals surface area contributed by atoms with Gasteiger partial charge in [0.15, 0.2) is 0 Å². The predicted molar refractivity (Wildman–Crippen MR) is 68.7 cm³/mol. The molecule has 0 fully saturated rings. The fourth-order valence-electron chi connectivity index (χ4n) is 1.62. The van der Waals surface area contributed by atoms with Crippen LogP contribution >= 0.6 is 0 Å². The smallest absolute Gasteiger partial charge is 0.0613 e. The molecule has 3 nitrogen and oxygen atoms in total. The molecular weight excluding hydrogens is 202 g/mol. The molecule has 2 N–H and O–H groups in total. The lowest BCUT2D eigenvalue weighted by molar-refractivity contribution is 0.0276. The Kier molecular flexibility index (Phi) is 7.98. The molecule has 0 aliphatic heterocycles. The molecule has 0 heterocycles. The Morgan fingerprint density at radius 1 is 1.31 bits per heavy atom. The van der Waals surface area contributed by atoms with Crippen LogP contribution in [0.1, 0.15) is 47.0 Å². The van der Waals surface area contributed by atoms with Gasteiger partial charge in [-0.05, 0) is 39.2 Å². The molecule has 0 saturated carbocycles. The fourth-order valence-corrected chi connectivity index (χ4v) is 1.62. The predicted octanol–water partition coefficient (Wildman–Crippen LogP) is 2.19. The molecule has 0 aromatic rings. The van der Waals surface area contributed by atoms with Crippen molar-refractivity contribution in [3.05, 3.63) is 0 Å². The SMILES string of the molecule is CCC(CO)(CCCOC(C)C(C)C)NC. The van der Waals surface area contributed by atoms with E-state index < -0.39 is 0 Å². The van der Waals surface area contributed by atoms with Crippen LogP contribution in [0.25, 0.3) is 0 Å². The second kappa shape index (κ2) is 8.04. The maximum Gasteiger partial charge on any atom is 0.0613 e. The van der Waals surface area contributed by atoms with E-state index in [4.69, 9.17) is 4.74 Å². The van der Waals surface area contributed by atoms with Crippen molar-refractivity contribution in [2.45, 2.75) is 58.6 Å². The number of likely N-dealkylation sites (N-methyl/N-ethyl adjacent to an activating group) is 1. The molecular formula is C13H29NO2. The summed E-state index contributed by atoms with van der Waals surface area (Å²) in [6, 6.07) is 0. The maximum absolute atomic E-state index is 9.37. The normalized spacial score (nSPS) is 17.4. The highest BCUT2D eigenvalue weighted by Crippen LogP contribution is 2.17. The minimum atomic E-state index is -0.121. The van der Waals surface area contributed by atoms with Gasteiger partial charge in [0.1, 0.15) is 0 Å². The van der Waals surface area contributed by atoms with E-state index >= 15 is 0 Å². The van der Waals surface area contributed by atoms with Gasteiger partial charge in [0, 0.05) is 12.1 Å². The van der Waals surface area contributed by atoms with Gasteiger partial charge in [-0.15, -0.1) is 0 Å². The molecule has 0 spiro atoms. The highest BCUT2D eigenvalue weighted by Gasteiger charge is 2.24.